The molecule has 0 spiro atoms. The van der Waals surface area contributed by atoms with Gasteiger partial charge in [0.25, 0.3) is 0 Å². The number of rotatable bonds is 4. The molecular weight excluding hydrogens is 386 g/mol. The molecule has 154 valence electrons. The van der Waals surface area contributed by atoms with Crippen LogP contribution in [0.4, 0.5) is 0 Å². The summed E-state index contributed by atoms with van der Waals surface area (Å²) in [6.45, 7) is 4.24. The van der Waals surface area contributed by atoms with Crippen molar-refractivity contribution in [2.75, 3.05) is 14.2 Å². The average Bonchev–Trinajstić information content (AvgIpc) is 3.20. The predicted molar refractivity (Wildman–Crippen MR) is 124 cm³/mol. The Morgan fingerprint density at radius 3 is 2.35 bits per heavy atom. The highest BCUT2D eigenvalue weighted by atomic mass is 16.5. The number of nitrogens with zero attached hydrogens (tertiary/aromatic N) is 3. The number of aromatic nitrogens is 3. The SMILES string of the molecule is COc1ccc(-c2nn(-c3ccc(C)c(C)c3)c3c2cnc2ccccc23)cc1OC. The van der Waals surface area contributed by atoms with E-state index < -0.39 is 0 Å². The first-order valence-electron chi connectivity index (χ1n) is 10.2. The molecule has 0 fully saturated rings. The summed E-state index contributed by atoms with van der Waals surface area (Å²) in [6.07, 6.45) is 1.91. The third-order valence-corrected chi connectivity index (χ3v) is 5.81. The fraction of sp³-hybridized carbons (Fsp3) is 0.154. The molecule has 0 aliphatic carbocycles. The summed E-state index contributed by atoms with van der Waals surface area (Å²) >= 11 is 0. The van der Waals surface area contributed by atoms with E-state index in [4.69, 9.17) is 19.6 Å². The topological polar surface area (TPSA) is 49.2 Å². The minimum Gasteiger partial charge on any atom is -0.493 e. The van der Waals surface area contributed by atoms with E-state index in [1.165, 1.54) is 11.1 Å². The number of hydrogen-bond acceptors (Lipinski definition) is 4. The monoisotopic (exact) mass is 409 g/mol. The van der Waals surface area contributed by atoms with E-state index in [2.05, 4.69) is 38.1 Å². The average molecular weight is 409 g/mol. The molecule has 0 saturated heterocycles. The molecule has 5 aromatic rings. The lowest BCUT2D eigenvalue weighted by atomic mass is 10.1. The summed E-state index contributed by atoms with van der Waals surface area (Å²) in [5, 5.41) is 7.12. The van der Waals surface area contributed by atoms with Crippen molar-refractivity contribution in [3.05, 3.63) is 78.0 Å². The molecule has 0 bridgehead atoms. The van der Waals surface area contributed by atoms with Crippen molar-refractivity contribution in [2.24, 2.45) is 0 Å². The number of para-hydroxylation sites is 1. The van der Waals surface area contributed by atoms with E-state index in [1.54, 1.807) is 14.2 Å². The minimum absolute atomic E-state index is 0.669. The number of benzene rings is 3. The van der Waals surface area contributed by atoms with Crippen molar-refractivity contribution < 1.29 is 9.47 Å². The van der Waals surface area contributed by atoms with Gasteiger partial charge < -0.3 is 9.47 Å². The zero-order valence-corrected chi connectivity index (χ0v) is 18.0. The van der Waals surface area contributed by atoms with Gasteiger partial charge in [-0.2, -0.15) is 5.10 Å². The Morgan fingerprint density at radius 1 is 0.774 bits per heavy atom. The molecule has 2 aromatic heterocycles. The van der Waals surface area contributed by atoms with Crippen LogP contribution in [0.3, 0.4) is 0 Å². The highest BCUT2D eigenvalue weighted by Gasteiger charge is 2.18. The van der Waals surface area contributed by atoms with Gasteiger partial charge in [0.1, 0.15) is 5.69 Å². The Labute approximate surface area is 180 Å². The molecule has 0 amide bonds. The first-order valence-corrected chi connectivity index (χ1v) is 10.2. The summed E-state index contributed by atoms with van der Waals surface area (Å²) in [7, 11) is 3.28. The Bertz CT molecular complexity index is 1440. The second-order valence-corrected chi connectivity index (χ2v) is 7.64. The van der Waals surface area contributed by atoms with Gasteiger partial charge in [-0.05, 0) is 61.4 Å². The number of ether oxygens (including phenoxy) is 2. The van der Waals surface area contributed by atoms with Crippen molar-refractivity contribution in [1.82, 2.24) is 14.8 Å². The van der Waals surface area contributed by atoms with Gasteiger partial charge >= 0.3 is 0 Å². The molecule has 5 rings (SSSR count). The van der Waals surface area contributed by atoms with Crippen LogP contribution in [0.15, 0.2) is 66.9 Å². The van der Waals surface area contributed by atoms with Gasteiger partial charge in [0.2, 0.25) is 0 Å². The standard InChI is InChI=1S/C26H23N3O2/c1-16-9-11-19(13-17(16)2)29-26-20-7-5-6-8-22(20)27-15-21(26)25(28-29)18-10-12-23(30-3)24(14-18)31-4/h5-15H,1-4H3. The Balaban J connectivity index is 1.85. The molecule has 0 N–H and O–H groups in total. The lowest BCUT2D eigenvalue weighted by Gasteiger charge is -2.08. The van der Waals surface area contributed by atoms with Crippen LogP contribution < -0.4 is 9.47 Å². The van der Waals surface area contributed by atoms with Crippen LogP contribution in [0.2, 0.25) is 0 Å². The van der Waals surface area contributed by atoms with Crippen LogP contribution in [0.25, 0.3) is 38.8 Å². The van der Waals surface area contributed by atoms with Crippen LogP contribution in [-0.2, 0) is 0 Å². The van der Waals surface area contributed by atoms with Crippen molar-refractivity contribution in [1.29, 1.82) is 0 Å². The van der Waals surface area contributed by atoms with Gasteiger partial charge in [-0.25, -0.2) is 4.68 Å². The summed E-state index contributed by atoms with van der Waals surface area (Å²) in [5.74, 6) is 1.36. The number of pyridine rings is 1. The molecule has 2 heterocycles. The van der Waals surface area contributed by atoms with Crippen molar-refractivity contribution >= 4 is 21.8 Å². The molecule has 5 nitrogen and oxygen atoms in total. The van der Waals surface area contributed by atoms with Crippen molar-refractivity contribution in [3.63, 3.8) is 0 Å². The fourth-order valence-corrected chi connectivity index (χ4v) is 3.97. The molecule has 0 unspecified atom stereocenters. The molecular formula is C26H23N3O2. The first kappa shape index (κ1) is 19.1. The van der Waals surface area contributed by atoms with Gasteiger partial charge in [0.05, 0.1) is 30.9 Å². The van der Waals surface area contributed by atoms with Gasteiger partial charge in [0.15, 0.2) is 11.5 Å². The first-order chi connectivity index (χ1) is 15.1. The molecule has 0 saturated carbocycles. The Kier molecular flexibility index (Phi) is 4.59. The van der Waals surface area contributed by atoms with Crippen LogP contribution >= 0.6 is 0 Å². The van der Waals surface area contributed by atoms with E-state index in [1.807, 2.05) is 47.3 Å². The summed E-state index contributed by atoms with van der Waals surface area (Å²) in [6, 6.07) is 20.5. The van der Waals surface area contributed by atoms with Crippen molar-refractivity contribution in [3.8, 4) is 28.4 Å². The van der Waals surface area contributed by atoms with Crippen LogP contribution in [0.5, 0.6) is 11.5 Å². The largest absolute Gasteiger partial charge is 0.493 e. The molecule has 0 aliphatic heterocycles. The fourth-order valence-electron chi connectivity index (χ4n) is 3.97. The smallest absolute Gasteiger partial charge is 0.161 e. The van der Waals surface area contributed by atoms with E-state index in [0.717, 1.165) is 38.8 Å². The number of methoxy groups -OCH3 is 2. The van der Waals surface area contributed by atoms with Gasteiger partial charge in [0, 0.05) is 22.5 Å². The molecule has 5 heteroatoms. The van der Waals surface area contributed by atoms with Crippen LogP contribution in [0, 0.1) is 13.8 Å². The van der Waals surface area contributed by atoms with Gasteiger partial charge in [-0.3, -0.25) is 4.98 Å². The second kappa shape index (κ2) is 7.43. The summed E-state index contributed by atoms with van der Waals surface area (Å²) < 4.78 is 13.0. The van der Waals surface area contributed by atoms with E-state index in [9.17, 15) is 0 Å². The minimum atomic E-state index is 0.669. The summed E-state index contributed by atoms with van der Waals surface area (Å²) in [4.78, 5) is 4.70. The molecule has 0 atom stereocenters. The Morgan fingerprint density at radius 2 is 1.58 bits per heavy atom. The van der Waals surface area contributed by atoms with E-state index in [-0.39, 0.29) is 0 Å². The Hall–Kier alpha value is -3.86. The highest BCUT2D eigenvalue weighted by Crippen LogP contribution is 2.37. The molecule has 3 aromatic carbocycles. The maximum atomic E-state index is 5.53. The third kappa shape index (κ3) is 3.10. The highest BCUT2D eigenvalue weighted by molar-refractivity contribution is 6.08. The number of aryl methyl sites for hydroxylation is 2. The summed E-state index contributed by atoms with van der Waals surface area (Å²) in [5.41, 5.74) is 7.29. The maximum absolute atomic E-state index is 5.53. The zero-order chi connectivity index (χ0) is 21.5. The predicted octanol–water partition coefficient (Wildman–Crippen LogP) is 5.87. The molecule has 0 radical (unpaired) electrons. The van der Waals surface area contributed by atoms with Gasteiger partial charge in [-0.1, -0.05) is 24.3 Å². The van der Waals surface area contributed by atoms with E-state index >= 15 is 0 Å². The number of hydrogen-bond donors (Lipinski definition) is 0. The third-order valence-electron chi connectivity index (χ3n) is 5.81. The van der Waals surface area contributed by atoms with Crippen molar-refractivity contribution in [2.45, 2.75) is 13.8 Å². The number of fused-ring (bicyclic) bond motifs is 3. The second-order valence-electron chi connectivity index (χ2n) is 7.64. The van der Waals surface area contributed by atoms with E-state index in [0.29, 0.717) is 11.5 Å². The zero-order valence-electron chi connectivity index (χ0n) is 18.0. The quantitative estimate of drug-likeness (QED) is 0.372. The lowest BCUT2D eigenvalue weighted by Crippen LogP contribution is -1.98. The van der Waals surface area contributed by atoms with Gasteiger partial charge in [-0.15, -0.1) is 0 Å². The molecule has 31 heavy (non-hydrogen) atoms. The normalized spacial score (nSPS) is 11.2. The maximum Gasteiger partial charge on any atom is 0.161 e. The van der Waals surface area contributed by atoms with Crippen LogP contribution in [0.1, 0.15) is 11.1 Å². The lowest BCUT2D eigenvalue weighted by molar-refractivity contribution is 0.355. The molecule has 0 aliphatic rings. The van der Waals surface area contributed by atoms with Crippen LogP contribution in [-0.4, -0.2) is 29.0 Å².